The molecule has 22 aromatic carbocycles. The summed E-state index contributed by atoms with van der Waals surface area (Å²) in [6.45, 7) is 0. The average Bonchev–Trinajstić information content (AvgIpc) is 1.66. The van der Waals surface area contributed by atoms with Crippen molar-refractivity contribution in [3.05, 3.63) is 473 Å². The Morgan fingerprint density at radius 1 is 0.138 bits per heavy atom. The molecule has 0 aliphatic rings. The third-order valence-electron chi connectivity index (χ3n) is 29.3. The molecular weight excluding hydrogens is 1770 g/mol. The molecule has 9 aromatic heterocycles. The molecule has 0 fully saturated rings. The zero-order chi connectivity index (χ0) is 95.0. The van der Waals surface area contributed by atoms with Crippen molar-refractivity contribution in [2.75, 3.05) is 0 Å². The lowest BCUT2D eigenvalue weighted by Gasteiger charge is -2.15. The van der Waals surface area contributed by atoms with Crippen LogP contribution >= 0.6 is 0 Å². The molecule has 0 radical (unpaired) electrons. The van der Waals surface area contributed by atoms with Gasteiger partial charge in [0.15, 0.2) is 40.5 Å². The zero-order valence-corrected chi connectivity index (χ0v) is 77.7. The number of furan rings is 3. The molecule has 674 valence electrons. The molecule has 0 bridgehead atoms. The van der Waals surface area contributed by atoms with Crippen LogP contribution in [0.3, 0.4) is 0 Å². The minimum atomic E-state index is 0.551. The smallest absolute Gasteiger partial charge is 0.167 e. The molecule has 0 N–H and O–H groups in total. The van der Waals surface area contributed by atoms with Crippen LogP contribution in [0.5, 0.6) is 0 Å². The highest BCUT2D eigenvalue weighted by molar-refractivity contribution is 6.27. The van der Waals surface area contributed by atoms with Crippen LogP contribution in [0.2, 0.25) is 0 Å². The summed E-state index contributed by atoms with van der Waals surface area (Å²) in [7, 11) is 0. The van der Waals surface area contributed by atoms with Gasteiger partial charge in [0.05, 0.1) is 55.4 Å². The third-order valence-corrected chi connectivity index (χ3v) is 29.3. The molecule has 9 heterocycles. The lowest BCUT2D eigenvalue weighted by atomic mass is 9.93. The quantitative estimate of drug-likeness (QED) is 0.110. The number of hydrogen-bond donors (Lipinski definition) is 0. The van der Waals surface area contributed by atoms with Gasteiger partial charge in [-0.15, -0.1) is 0 Å². The van der Waals surface area contributed by atoms with Crippen molar-refractivity contribution in [3.8, 4) is 113 Å². The molecule has 0 spiro atoms. The van der Waals surface area contributed by atoms with Crippen LogP contribution in [0, 0.1) is 0 Å². The van der Waals surface area contributed by atoms with Gasteiger partial charge in [-0.3, -0.25) is 0 Å². The van der Waals surface area contributed by atoms with Gasteiger partial charge >= 0.3 is 0 Å². The van der Waals surface area contributed by atoms with Crippen LogP contribution in [0.1, 0.15) is 0 Å². The van der Waals surface area contributed by atoms with Gasteiger partial charge in [0, 0.05) is 120 Å². The number of hydrogen-bond acceptors (Lipinski definition) is 9. The van der Waals surface area contributed by atoms with E-state index in [1.165, 1.54) is 92.3 Å². The van der Waals surface area contributed by atoms with Crippen LogP contribution < -0.4 is 0 Å². The lowest BCUT2D eigenvalue weighted by Crippen LogP contribution is -2.00. The summed E-state index contributed by atoms with van der Waals surface area (Å²) in [6.07, 6.45) is 0. The monoisotopic (exact) mass is 1850 g/mol. The molecule has 0 aliphatic carbocycles. The van der Waals surface area contributed by atoms with Gasteiger partial charge in [-0.2, -0.15) is 0 Å². The van der Waals surface area contributed by atoms with E-state index >= 15 is 0 Å². The van der Waals surface area contributed by atoms with Crippen molar-refractivity contribution in [3.63, 3.8) is 0 Å². The van der Waals surface area contributed by atoms with Crippen LogP contribution in [0.4, 0.5) is 0 Å². The maximum absolute atomic E-state index is 7.09. The predicted molar refractivity (Wildman–Crippen MR) is 595 cm³/mol. The summed E-state index contributed by atoms with van der Waals surface area (Å²) >= 11 is 0. The van der Waals surface area contributed by atoms with Crippen LogP contribution in [-0.2, 0) is 0 Å². The Balaban J connectivity index is 0.000000135. The summed E-state index contributed by atoms with van der Waals surface area (Å²) in [4.78, 5) is 30.2. The Hall–Kier alpha value is -19.8. The van der Waals surface area contributed by atoms with E-state index in [4.69, 9.17) is 43.2 Å². The van der Waals surface area contributed by atoms with E-state index in [1.807, 2.05) is 152 Å². The highest BCUT2D eigenvalue weighted by atomic mass is 16.3. The molecule has 0 saturated carbocycles. The summed E-state index contributed by atoms with van der Waals surface area (Å²) in [5.41, 5.74) is 28.7. The molecule has 0 amide bonds. The predicted octanol–water partition coefficient (Wildman–Crippen LogP) is 34.6. The number of para-hydroxylation sites is 8. The SMILES string of the molecule is c1ccc(-c2nc(-c3ccccc3)nc(-c3ccc4c5ccc(-n6c7ccccc7c7cc(-c8ccc9c(c8)c8ccccc8n9-c8ccc9oc%10ccccc%10c9c8)ccc76)cc5c5ccccc5c4c3)n2)cc1.c1ccc(-c2nc(-c3ccccc3)nc(-c3cccc4c3oc3c(-n5c6ccccc6c6cc(-c7ccc8c(c7)c7ccccc7n8-c7ccc8oc9ccccc9c8c7)ccc65)cccc34)n2)cc1. The molecule has 0 aliphatic heterocycles. The maximum atomic E-state index is 7.09. The molecule has 0 unspecified atom stereocenters. The van der Waals surface area contributed by atoms with Crippen LogP contribution in [0.15, 0.2) is 486 Å². The van der Waals surface area contributed by atoms with Crippen molar-refractivity contribution in [1.82, 2.24) is 48.2 Å². The molecule has 13 heteroatoms. The molecule has 31 rings (SSSR count). The molecule has 31 aromatic rings. The Bertz CT molecular complexity index is 10700. The van der Waals surface area contributed by atoms with Gasteiger partial charge in [-0.05, 0) is 206 Å². The fraction of sp³-hybridized carbons (Fsp3) is 0. The number of aromatic nitrogens is 10. The number of rotatable bonds is 12. The van der Waals surface area contributed by atoms with E-state index in [9.17, 15) is 0 Å². The van der Waals surface area contributed by atoms with Gasteiger partial charge < -0.3 is 31.5 Å². The Kier molecular flexibility index (Phi) is 18.2. The molecule has 0 saturated heterocycles. The first-order valence-electron chi connectivity index (χ1n) is 48.9. The second kappa shape index (κ2) is 32.4. The van der Waals surface area contributed by atoms with E-state index in [1.54, 1.807) is 0 Å². The third kappa shape index (κ3) is 13.0. The van der Waals surface area contributed by atoms with Gasteiger partial charge in [0.1, 0.15) is 27.9 Å². The van der Waals surface area contributed by atoms with Gasteiger partial charge in [-0.1, -0.05) is 322 Å². The largest absolute Gasteiger partial charge is 0.456 e. The summed E-state index contributed by atoms with van der Waals surface area (Å²) in [5.74, 6) is 3.69. The van der Waals surface area contributed by atoms with Crippen molar-refractivity contribution in [1.29, 1.82) is 0 Å². The minimum absolute atomic E-state index is 0.551. The van der Waals surface area contributed by atoms with E-state index in [0.29, 0.717) is 34.9 Å². The van der Waals surface area contributed by atoms with E-state index in [2.05, 4.69) is 340 Å². The fourth-order valence-electron chi connectivity index (χ4n) is 22.7. The summed E-state index contributed by atoms with van der Waals surface area (Å²) < 4.78 is 29.1. The van der Waals surface area contributed by atoms with Crippen molar-refractivity contribution in [2.45, 2.75) is 0 Å². The van der Waals surface area contributed by atoms with E-state index in [-0.39, 0.29) is 0 Å². The van der Waals surface area contributed by atoms with Gasteiger partial charge in [-0.25, -0.2) is 29.9 Å². The number of fused-ring (bicyclic) bond motifs is 27. The standard InChI is InChI=1S/C69H41N5O.C63H37N5O2/c1-3-15-42(16-4-1)67-70-68(43-17-5-2-6-18-43)72-69(71-67)46-27-32-51-52-33-30-47(40-57(52)50-20-8-7-19-49(50)56(51)39-46)73-61-24-12-9-21-53(61)58-37-44(28-34-63(58)73)45-29-35-64-59(38-45)54-22-10-13-25-62(54)74(64)48-31-36-66-60(41-48)55-23-11-14-26-65(55)75-66;1-3-15-38(16-4-1)61-64-62(39-17-5-2-6-18-39)66-63(65-61)48-24-13-22-46-47-23-14-27-56(60(47)70-59(46)48)68-53-26-11-8-20-44(53)50-36-41(30-33-55(50)68)40-29-32-54-49(35-40)43-19-7-10-25-52(43)67(54)42-31-34-58-51(37-42)45-21-9-12-28-57(45)69-58/h1-41H;1-37H. The molecule has 145 heavy (non-hydrogen) atoms. The van der Waals surface area contributed by atoms with E-state index in [0.717, 1.165) is 171 Å². The average molecular weight is 1850 g/mol. The van der Waals surface area contributed by atoms with Crippen molar-refractivity contribution >= 4 is 185 Å². The Morgan fingerprint density at radius 2 is 0.414 bits per heavy atom. The minimum Gasteiger partial charge on any atom is -0.456 e. The Labute approximate surface area is 827 Å². The Morgan fingerprint density at radius 3 is 0.834 bits per heavy atom. The number of benzene rings is 22. The highest BCUT2D eigenvalue weighted by Crippen LogP contribution is 2.48. The normalized spacial score (nSPS) is 12.0. The first-order chi connectivity index (χ1) is 71.9. The summed E-state index contributed by atoms with van der Waals surface area (Å²) in [5, 5.41) is 23.2. The van der Waals surface area contributed by atoms with Crippen LogP contribution in [0.25, 0.3) is 299 Å². The highest BCUT2D eigenvalue weighted by Gasteiger charge is 2.27. The van der Waals surface area contributed by atoms with Gasteiger partial charge in [0.25, 0.3) is 0 Å². The molecule has 0 atom stereocenters. The second-order valence-electron chi connectivity index (χ2n) is 37.4. The van der Waals surface area contributed by atoms with Crippen LogP contribution in [-0.4, -0.2) is 48.2 Å². The zero-order valence-electron chi connectivity index (χ0n) is 77.7. The summed E-state index contributed by atoms with van der Waals surface area (Å²) in [6, 6.07) is 168. The topological polar surface area (TPSA) is 136 Å². The molecular formula is C132H78N10O3. The number of nitrogens with zero attached hydrogens (tertiary/aromatic N) is 10. The maximum Gasteiger partial charge on any atom is 0.167 e. The van der Waals surface area contributed by atoms with Crippen molar-refractivity contribution < 1.29 is 13.3 Å². The van der Waals surface area contributed by atoms with Gasteiger partial charge in [0.2, 0.25) is 0 Å². The van der Waals surface area contributed by atoms with Crippen molar-refractivity contribution in [2.24, 2.45) is 0 Å². The fourth-order valence-corrected chi connectivity index (χ4v) is 22.7. The first-order valence-corrected chi connectivity index (χ1v) is 48.9. The first kappa shape index (κ1) is 81.3. The lowest BCUT2D eigenvalue weighted by molar-refractivity contribution is 0.667. The molecule has 13 nitrogen and oxygen atoms in total. The second-order valence-corrected chi connectivity index (χ2v) is 37.4. The van der Waals surface area contributed by atoms with E-state index < -0.39 is 0 Å².